The maximum absolute atomic E-state index is 12.7. The van der Waals surface area contributed by atoms with E-state index in [0.29, 0.717) is 23.0 Å². The van der Waals surface area contributed by atoms with Crippen LogP contribution in [0.15, 0.2) is 18.2 Å². The van der Waals surface area contributed by atoms with Crippen LogP contribution < -0.4 is 9.26 Å². The molecule has 1 atom stereocenters. The molecule has 0 saturated heterocycles. The van der Waals surface area contributed by atoms with Crippen molar-refractivity contribution in [2.75, 3.05) is 6.54 Å². The summed E-state index contributed by atoms with van der Waals surface area (Å²) in [6.07, 6.45) is 3.69. The van der Waals surface area contributed by atoms with Gasteiger partial charge in [0, 0.05) is 23.7 Å². The maximum Gasteiger partial charge on any atom is 0.273 e. The van der Waals surface area contributed by atoms with E-state index in [0.717, 1.165) is 31.2 Å². The van der Waals surface area contributed by atoms with Gasteiger partial charge in [0.2, 0.25) is 0 Å². The van der Waals surface area contributed by atoms with Crippen molar-refractivity contribution in [2.24, 2.45) is 17.6 Å². The van der Waals surface area contributed by atoms with E-state index in [4.69, 9.17) is 17.3 Å². The fourth-order valence-electron chi connectivity index (χ4n) is 4.08. The van der Waals surface area contributed by atoms with Gasteiger partial charge < -0.3 is 10.6 Å². The number of benzene rings is 1. The van der Waals surface area contributed by atoms with Gasteiger partial charge in [-0.25, -0.2) is 3.07 Å². The second-order valence-corrected chi connectivity index (χ2v) is 8.88. The number of amides is 2. The third-order valence-corrected chi connectivity index (χ3v) is 6.64. The second kappa shape index (κ2) is 7.90. The van der Waals surface area contributed by atoms with E-state index < -0.39 is 32.9 Å². The number of carbonyl (C=O) groups excluding carboxylic acids is 2. The fourth-order valence-corrected chi connectivity index (χ4v) is 4.97. The predicted octanol–water partition coefficient (Wildman–Crippen LogP) is 3.17. The van der Waals surface area contributed by atoms with Gasteiger partial charge in [-0.05, 0) is 48.4 Å². The summed E-state index contributed by atoms with van der Waals surface area (Å²) in [7, 11) is 0. The van der Waals surface area contributed by atoms with E-state index in [2.05, 4.69) is 10.5 Å². The molecule has 8 heteroatoms. The summed E-state index contributed by atoms with van der Waals surface area (Å²) < 4.78 is 13.5. The average Bonchev–Trinajstić information content (AvgIpc) is 2.90. The van der Waals surface area contributed by atoms with Gasteiger partial charge in [0.25, 0.3) is 33.3 Å². The van der Waals surface area contributed by atoms with Crippen molar-refractivity contribution in [3.63, 3.8) is 0 Å². The predicted molar refractivity (Wildman–Crippen MR) is 107 cm³/mol. The zero-order valence-electron chi connectivity index (χ0n) is 14.6. The Balaban J connectivity index is 1.83. The summed E-state index contributed by atoms with van der Waals surface area (Å²) in [6.45, 7) is 2.70. The molecule has 1 saturated carbocycles. The van der Waals surface area contributed by atoms with Crippen molar-refractivity contribution in [2.45, 2.75) is 44.7 Å². The first-order chi connectivity index (χ1) is 12.3. The lowest BCUT2D eigenvalue weighted by Gasteiger charge is -2.41. The maximum atomic E-state index is 12.7. The van der Waals surface area contributed by atoms with Crippen molar-refractivity contribution in [3.8, 4) is 0 Å². The Morgan fingerprint density at radius 2 is 2.08 bits per heavy atom. The van der Waals surface area contributed by atoms with Gasteiger partial charge in [-0.3, -0.25) is 13.1 Å². The fraction of sp³-hybridized carbons (Fsp3) is 0.556. The van der Waals surface area contributed by atoms with Gasteiger partial charge in [0.05, 0.1) is 0 Å². The largest absolute Gasteiger partial charge is 0.332 e. The molecule has 0 aromatic heterocycles. The lowest BCUT2D eigenvalue weighted by Crippen LogP contribution is -2.63. The lowest BCUT2D eigenvalue weighted by atomic mass is 9.72. The highest BCUT2D eigenvalue weighted by atomic mass is 127. The lowest BCUT2D eigenvalue weighted by molar-refractivity contribution is -0.127. The number of halogens is 2. The summed E-state index contributed by atoms with van der Waals surface area (Å²) in [4.78, 5) is 27.1. The third-order valence-electron chi connectivity index (χ3n) is 5.69. The monoisotopic (exact) mass is 491 g/mol. The second-order valence-electron chi connectivity index (χ2n) is 7.46. The highest BCUT2D eigenvalue weighted by Crippen LogP contribution is 2.36. The van der Waals surface area contributed by atoms with Crippen LogP contribution in [0.1, 0.15) is 48.5 Å². The molecule has 2 amide bonds. The molecule has 1 aliphatic carbocycles. The van der Waals surface area contributed by atoms with Crippen LogP contribution in [0.25, 0.3) is 0 Å². The van der Waals surface area contributed by atoms with Crippen LogP contribution in [0.3, 0.4) is 0 Å². The number of nitrogens with one attached hydrogen (secondary N) is 1. The highest BCUT2D eigenvalue weighted by Gasteiger charge is 2.46. The van der Waals surface area contributed by atoms with Crippen molar-refractivity contribution in [3.05, 3.63) is 34.3 Å². The Morgan fingerprint density at radius 1 is 1.38 bits per heavy atom. The summed E-state index contributed by atoms with van der Waals surface area (Å²) >= 11 is 4.37. The summed E-state index contributed by atoms with van der Waals surface area (Å²) in [5, 5.41) is 0.576. The molecular weight excluding hydrogens is 469 g/mol. The van der Waals surface area contributed by atoms with Crippen molar-refractivity contribution in [1.29, 1.82) is 0 Å². The van der Waals surface area contributed by atoms with Gasteiger partial charge in [-0.1, -0.05) is 31.4 Å². The van der Waals surface area contributed by atoms with Crippen LogP contribution in [-0.2, 0) is 14.4 Å². The normalized spacial score (nSPS) is 24.9. The van der Waals surface area contributed by atoms with Crippen LogP contribution >= 0.6 is 33.1 Å². The first kappa shape index (κ1) is 19.7. The van der Waals surface area contributed by atoms with Crippen molar-refractivity contribution in [1.82, 2.24) is 8.43 Å². The molecule has 1 fully saturated rings. The molecule has 3 rings (SSSR count). The van der Waals surface area contributed by atoms with Crippen molar-refractivity contribution < 1.29 is 12.7 Å². The Morgan fingerprint density at radius 3 is 2.73 bits per heavy atom. The van der Waals surface area contributed by atoms with E-state index in [1.54, 1.807) is 23.1 Å². The molecule has 1 heterocycles. The minimum absolute atomic E-state index is 0.0330. The van der Waals surface area contributed by atoms with E-state index in [1.807, 2.05) is 0 Å². The first-order valence-corrected chi connectivity index (χ1v) is 11.1. The minimum Gasteiger partial charge on any atom is -0.332 e. The molecule has 6 nitrogen and oxygen atoms in total. The topological polar surface area (TPSA) is 92.5 Å². The van der Waals surface area contributed by atoms with Gasteiger partial charge >= 0.3 is 0 Å². The van der Waals surface area contributed by atoms with E-state index in [-0.39, 0.29) is 18.4 Å². The van der Waals surface area contributed by atoms with Crippen molar-refractivity contribution >= 4 is 44.9 Å². The molecule has 0 spiro atoms. The Bertz CT molecular complexity index is 736. The number of nitrogens with two attached hydrogens (primary N) is 1. The SMILES string of the molecule is CC1CCC(C(N)(CN2Cc3cc(Cl)ccc3C2=O)C(=O)NI=O)CC1. The van der Waals surface area contributed by atoms with Gasteiger partial charge in [-0.2, -0.15) is 0 Å². The van der Waals surface area contributed by atoms with Gasteiger partial charge in [-0.15, -0.1) is 0 Å². The number of fused-ring (bicyclic) bond motifs is 1. The Kier molecular flexibility index (Phi) is 5.98. The van der Waals surface area contributed by atoms with Crippen LogP contribution in [0, 0.1) is 11.8 Å². The third kappa shape index (κ3) is 3.80. The molecule has 1 aromatic rings. The van der Waals surface area contributed by atoms with E-state index in [1.165, 1.54) is 0 Å². The van der Waals surface area contributed by atoms with Crippen LogP contribution in [-0.4, -0.2) is 28.8 Å². The van der Waals surface area contributed by atoms with Gasteiger partial charge in [0.15, 0.2) is 0 Å². The molecule has 142 valence electrons. The summed E-state index contributed by atoms with van der Waals surface area (Å²) in [6, 6.07) is 5.18. The quantitative estimate of drug-likeness (QED) is 0.489. The summed E-state index contributed by atoms with van der Waals surface area (Å²) in [5.41, 5.74) is 6.82. The molecule has 26 heavy (non-hydrogen) atoms. The number of rotatable bonds is 5. The molecule has 1 unspecified atom stereocenters. The number of hydrogen-bond donors (Lipinski definition) is 2. The molecule has 1 aromatic carbocycles. The van der Waals surface area contributed by atoms with Crippen LogP contribution in [0.4, 0.5) is 0 Å². The van der Waals surface area contributed by atoms with Crippen LogP contribution in [0.2, 0.25) is 5.02 Å². The Labute approximate surface area is 168 Å². The number of hydrogen-bond acceptors (Lipinski definition) is 4. The van der Waals surface area contributed by atoms with E-state index >= 15 is 0 Å². The minimum atomic E-state index is -1.66. The number of carbonyl (C=O) groups is 2. The zero-order chi connectivity index (χ0) is 18.9. The summed E-state index contributed by atoms with van der Waals surface area (Å²) in [5.74, 6) is 0.0293. The Hall–Kier alpha value is -1.06. The standard InChI is InChI=1S/C18H23ClIN3O3/c1-11-2-4-13(5-3-11)18(21,17(25)22-20-26)10-23-9-12-8-14(19)6-7-15(12)16(23)24/h6-8,11,13H,2-5,9-10,21H2,1H3,(H,22,25,26). The number of nitrogens with zero attached hydrogens (tertiary/aromatic N) is 1. The van der Waals surface area contributed by atoms with Crippen LogP contribution in [0.5, 0.6) is 0 Å². The molecule has 0 radical (unpaired) electrons. The molecule has 3 N–H and O–H groups in total. The zero-order valence-corrected chi connectivity index (χ0v) is 17.5. The first-order valence-electron chi connectivity index (χ1n) is 8.78. The van der Waals surface area contributed by atoms with E-state index in [9.17, 15) is 12.7 Å². The van der Waals surface area contributed by atoms with Gasteiger partial charge in [0.1, 0.15) is 5.54 Å². The molecule has 1 aliphatic heterocycles. The molecule has 0 bridgehead atoms. The average molecular weight is 492 g/mol. The molecule has 2 aliphatic rings. The highest BCUT2D eigenvalue weighted by molar-refractivity contribution is 14.1. The molecular formula is C18H23ClIN3O3. The smallest absolute Gasteiger partial charge is 0.273 e.